The van der Waals surface area contributed by atoms with Gasteiger partial charge in [-0.15, -0.1) is 0 Å². The van der Waals surface area contributed by atoms with E-state index in [-0.39, 0.29) is 17.3 Å². The molecule has 0 atom stereocenters. The van der Waals surface area contributed by atoms with Gasteiger partial charge in [-0.05, 0) is 51.0 Å². The second kappa shape index (κ2) is 6.36. The average molecular weight is 326 g/mol. The molecule has 1 amide bonds. The smallest absolute Gasteiger partial charge is 0.240 e. The number of hydrogen-bond donors (Lipinski definition) is 2. The van der Waals surface area contributed by atoms with E-state index in [1.807, 2.05) is 0 Å². The number of benzene rings is 1. The molecule has 0 aromatic heterocycles. The van der Waals surface area contributed by atoms with Crippen LogP contribution in [0.15, 0.2) is 29.2 Å². The molecular weight excluding hydrogens is 304 g/mol. The minimum Gasteiger partial charge on any atom is -0.389 e. The van der Waals surface area contributed by atoms with Crippen molar-refractivity contribution < 1.29 is 18.3 Å². The van der Waals surface area contributed by atoms with E-state index in [4.69, 9.17) is 0 Å². The molecule has 1 aliphatic heterocycles. The predicted molar refractivity (Wildman–Crippen MR) is 84.1 cm³/mol. The molecule has 2 rings (SSSR count). The van der Waals surface area contributed by atoms with Gasteiger partial charge in [0.25, 0.3) is 0 Å². The Bertz CT molecular complexity index is 633. The summed E-state index contributed by atoms with van der Waals surface area (Å²) < 4.78 is 26.6. The SMILES string of the molecule is CC(C)(O)CNS(=O)(=O)c1ccc(N2CCCCC2=O)cc1. The number of nitrogens with one attached hydrogen (secondary N) is 1. The highest BCUT2D eigenvalue weighted by molar-refractivity contribution is 7.89. The van der Waals surface area contributed by atoms with E-state index in [2.05, 4.69) is 4.72 Å². The average Bonchev–Trinajstić information content (AvgIpc) is 2.45. The van der Waals surface area contributed by atoms with Crippen molar-refractivity contribution in [3.05, 3.63) is 24.3 Å². The lowest BCUT2D eigenvalue weighted by atomic mass is 10.1. The van der Waals surface area contributed by atoms with Crippen LogP contribution in [0.3, 0.4) is 0 Å². The van der Waals surface area contributed by atoms with Crippen LogP contribution >= 0.6 is 0 Å². The van der Waals surface area contributed by atoms with Crippen LogP contribution in [0, 0.1) is 0 Å². The van der Waals surface area contributed by atoms with Crippen LogP contribution in [-0.2, 0) is 14.8 Å². The van der Waals surface area contributed by atoms with Gasteiger partial charge < -0.3 is 10.0 Å². The molecule has 1 fully saturated rings. The van der Waals surface area contributed by atoms with Gasteiger partial charge in [-0.2, -0.15) is 0 Å². The molecule has 1 saturated heterocycles. The molecule has 122 valence electrons. The Morgan fingerprint density at radius 1 is 1.23 bits per heavy atom. The Kier molecular flexibility index (Phi) is 4.89. The Balaban J connectivity index is 2.12. The van der Waals surface area contributed by atoms with E-state index in [0.717, 1.165) is 12.8 Å². The number of carbonyl (C=O) groups excluding carboxylic acids is 1. The fraction of sp³-hybridized carbons (Fsp3) is 0.533. The number of hydrogen-bond acceptors (Lipinski definition) is 4. The number of amides is 1. The summed E-state index contributed by atoms with van der Waals surface area (Å²) in [5.41, 5.74) is -0.404. The van der Waals surface area contributed by atoms with Gasteiger partial charge in [0.05, 0.1) is 10.5 Å². The fourth-order valence-electron chi connectivity index (χ4n) is 2.24. The Hall–Kier alpha value is -1.44. The molecule has 1 heterocycles. The van der Waals surface area contributed by atoms with E-state index in [1.54, 1.807) is 17.0 Å². The third-order valence-corrected chi connectivity index (χ3v) is 4.89. The van der Waals surface area contributed by atoms with Crippen molar-refractivity contribution in [1.29, 1.82) is 0 Å². The molecule has 2 N–H and O–H groups in total. The standard InChI is InChI=1S/C15H22N2O4S/c1-15(2,19)11-16-22(20,21)13-8-6-12(7-9-13)17-10-4-3-5-14(17)18/h6-9,16,19H,3-5,10-11H2,1-2H3. The minimum absolute atomic E-state index is 0.0678. The van der Waals surface area contributed by atoms with E-state index in [9.17, 15) is 18.3 Å². The highest BCUT2D eigenvalue weighted by Gasteiger charge is 2.22. The number of anilines is 1. The van der Waals surface area contributed by atoms with Crippen molar-refractivity contribution in [3.63, 3.8) is 0 Å². The zero-order valence-corrected chi connectivity index (χ0v) is 13.7. The minimum atomic E-state index is -3.67. The fourth-order valence-corrected chi connectivity index (χ4v) is 3.44. The molecule has 0 aliphatic carbocycles. The van der Waals surface area contributed by atoms with Crippen LogP contribution in [0.5, 0.6) is 0 Å². The summed E-state index contributed by atoms with van der Waals surface area (Å²) >= 11 is 0. The Morgan fingerprint density at radius 3 is 2.41 bits per heavy atom. The topological polar surface area (TPSA) is 86.7 Å². The Labute approximate surface area is 131 Å². The van der Waals surface area contributed by atoms with Crippen LogP contribution in [0.1, 0.15) is 33.1 Å². The quantitative estimate of drug-likeness (QED) is 0.852. The maximum Gasteiger partial charge on any atom is 0.240 e. The third-order valence-electron chi connectivity index (χ3n) is 3.48. The van der Waals surface area contributed by atoms with Gasteiger partial charge in [0.1, 0.15) is 0 Å². The van der Waals surface area contributed by atoms with Crippen LogP contribution in [0.2, 0.25) is 0 Å². The van der Waals surface area contributed by atoms with Crippen LogP contribution in [0.25, 0.3) is 0 Å². The Morgan fingerprint density at radius 2 is 1.86 bits per heavy atom. The largest absolute Gasteiger partial charge is 0.389 e. The molecular formula is C15H22N2O4S. The van der Waals surface area contributed by atoms with Crippen molar-refractivity contribution >= 4 is 21.6 Å². The molecule has 22 heavy (non-hydrogen) atoms. The van der Waals surface area contributed by atoms with Gasteiger partial charge in [-0.3, -0.25) is 4.79 Å². The number of piperidine rings is 1. The number of sulfonamides is 1. The van der Waals surface area contributed by atoms with Crippen LogP contribution < -0.4 is 9.62 Å². The third kappa shape index (κ3) is 4.28. The summed E-state index contributed by atoms with van der Waals surface area (Å²) in [5.74, 6) is 0.0713. The van der Waals surface area contributed by atoms with E-state index in [1.165, 1.54) is 26.0 Å². The van der Waals surface area contributed by atoms with Crippen molar-refractivity contribution in [3.8, 4) is 0 Å². The van der Waals surface area contributed by atoms with Gasteiger partial charge in [0.15, 0.2) is 0 Å². The first-order chi connectivity index (χ1) is 10.2. The van der Waals surface area contributed by atoms with E-state index in [0.29, 0.717) is 18.7 Å². The summed E-state index contributed by atoms with van der Waals surface area (Å²) in [6.45, 7) is 3.66. The number of rotatable bonds is 5. The molecule has 0 bridgehead atoms. The van der Waals surface area contributed by atoms with Gasteiger partial charge >= 0.3 is 0 Å². The molecule has 0 spiro atoms. The monoisotopic (exact) mass is 326 g/mol. The van der Waals surface area contributed by atoms with Crippen molar-refractivity contribution in [1.82, 2.24) is 4.72 Å². The molecule has 1 aromatic rings. The molecule has 6 nitrogen and oxygen atoms in total. The lowest BCUT2D eigenvalue weighted by Gasteiger charge is -2.26. The van der Waals surface area contributed by atoms with Gasteiger partial charge in [0.2, 0.25) is 15.9 Å². The molecule has 0 unspecified atom stereocenters. The second-order valence-corrected chi connectivity index (χ2v) is 7.90. The van der Waals surface area contributed by atoms with Crippen molar-refractivity contribution in [2.45, 2.75) is 43.6 Å². The number of aliphatic hydroxyl groups is 1. The first-order valence-corrected chi connectivity index (χ1v) is 8.80. The predicted octanol–water partition coefficient (Wildman–Crippen LogP) is 1.25. The molecule has 7 heteroatoms. The second-order valence-electron chi connectivity index (χ2n) is 6.13. The summed E-state index contributed by atoms with van der Waals surface area (Å²) in [4.78, 5) is 13.7. The first-order valence-electron chi connectivity index (χ1n) is 7.31. The molecule has 0 saturated carbocycles. The highest BCUT2D eigenvalue weighted by atomic mass is 32.2. The lowest BCUT2D eigenvalue weighted by Crippen LogP contribution is -2.38. The molecule has 1 aromatic carbocycles. The van der Waals surface area contributed by atoms with Crippen LogP contribution in [-0.4, -0.2) is 38.1 Å². The zero-order chi connectivity index (χ0) is 16.4. The van der Waals surface area contributed by atoms with Crippen LogP contribution in [0.4, 0.5) is 5.69 Å². The lowest BCUT2D eigenvalue weighted by molar-refractivity contribution is -0.119. The summed E-state index contributed by atoms with van der Waals surface area (Å²) in [6.07, 6.45) is 2.40. The van der Waals surface area contributed by atoms with Gasteiger partial charge in [-0.25, -0.2) is 13.1 Å². The van der Waals surface area contributed by atoms with Crippen molar-refractivity contribution in [2.24, 2.45) is 0 Å². The van der Waals surface area contributed by atoms with Crippen molar-refractivity contribution in [2.75, 3.05) is 18.0 Å². The zero-order valence-electron chi connectivity index (χ0n) is 12.9. The normalized spacial score (nSPS) is 16.9. The highest BCUT2D eigenvalue weighted by Crippen LogP contribution is 2.22. The van der Waals surface area contributed by atoms with E-state index >= 15 is 0 Å². The number of carbonyl (C=O) groups is 1. The summed E-state index contributed by atoms with van der Waals surface area (Å²) in [5, 5.41) is 9.60. The maximum atomic E-state index is 12.1. The maximum absolute atomic E-state index is 12.1. The number of nitrogens with zero attached hydrogens (tertiary/aromatic N) is 1. The first kappa shape index (κ1) is 16.9. The molecule has 1 aliphatic rings. The molecule has 0 radical (unpaired) electrons. The summed E-state index contributed by atoms with van der Waals surface area (Å²) in [6, 6.07) is 6.23. The van der Waals surface area contributed by atoms with Gasteiger partial charge in [0, 0.05) is 25.2 Å². The van der Waals surface area contributed by atoms with Gasteiger partial charge in [-0.1, -0.05) is 0 Å². The summed E-state index contributed by atoms with van der Waals surface area (Å²) in [7, 11) is -3.67. The van der Waals surface area contributed by atoms with E-state index < -0.39 is 15.6 Å².